The van der Waals surface area contributed by atoms with Gasteiger partial charge in [-0.2, -0.15) is 0 Å². The van der Waals surface area contributed by atoms with Gasteiger partial charge in [-0.1, -0.05) is 47.5 Å². The van der Waals surface area contributed by atoms with Gasteiger partial charge in [0.05, 0.1) is 10.5 Å². The molecule has 1 saturated heterocycles. The highest BCUT2D eigenvalue weighted by Crippen LogP contribution is 2.32. The van der Waals surface area contributed by atoms with Crippen molar-refractivity contribution in [2.24, 2.45) is 0 Å². The zero-order valence-electron chi connectivity index (χ0n) is 22.1. The molecule has 1 aliphatic heterocycles. The summed E-state index contributed by atoms with van der Waals surface area (Å²) in [6.45, 7) is 4.89. The Morgan fingerprint density at radius 3 is 2.20 bits per heavy atom. The van der Waals surface area contributed by atoms with Crippen molar-refractivity contribution in [3.63, 3.8) is 0 Å². The van der Waals surface area contributed by atoms with Crippen LogP contribution >= 0.6 is 11.8 Å². The molecule has 4 rings (SSSR count). The third kappa shape index (κ3) is 7.23. The van der Waals surface area contributed by atoms with E-state index in [1.165, 1.54) is 18.2 Å². The van der Waals surface area contributed by atoms with Crippen LogP contribution in [-0.4, -0.2) is 47.0 Å². The average molecular weight is 558 g/mol. The molecule has 3 aromatic rings. The van der Waals surface area contributed by atoms with Crippen LogP contribution in [0.25, 0.3) is 6.08 Å². The van der Waals surface area contributed by atoms with Gasteiger partial charge in [0.1, 0.15) is 6.54 Å². The summed E-state index contributed by atoms with van der Waals surface area (Å²) < 4.78 is 5.08. The molecule has 204 valence electrons. The minimum atomic E-state index is -0.680. The molecule has 0 spiro atoms. The Balaban J connectivity index is 1.31. The fourth-order valence-corrected chi connectivity index (χ4v) is 4.68. The van der Waals surface area contributed by atoms with Gasteiger partial charge < -0.3 is 15.4 Å². The maximum Gasteiger partial charge on any atom is 0.338 e. The second-order valence-corrected chi connectivity index (χ2v) is 10.2. The fourth-order valence-electron chi connectivity index (χ4n) is 3.84. The zero-order valence-corrected chi connectivity index (χ0v) is 23.0. The van der Waals surface area contributed by atoms with E-state index in [1.807, 2.05) is 45.0 Å². The van der Waals surface area contributed by atoms with Crippen LogP contribution in [0, 0.1) is 20.8 Å². The van der Waals surface area contributed by atoms with Crippen LogP contribution in [0.1, 0.15) is 32.6 Å². The number of ether oxygens (including phenoxy) is 1. The lowest BCUT2D eigenvalue weighted by Crippen LogP contribution is -2.36. The minimum Gasteiger partial charge on any atom is -0.452 e. The molecule has 1 heterocycles. The lowest BCUT2D eigenvalue weighted by molar-refractivity contribution is -0.127. The number of imide groups is 1. The lowest BCUT2D eigenvalue weighted by Gasteiger charge is -2.14. The molecule has 3 aromatic carbocycles. The Hall–Kier alpha value is -4.70. The highest BCUT2D eigenvalue weighted by molar-refractivity contribution is 8.18. The number of hydrogen-bond donors (Lipinski definition) is 2. The number of amides is 4. The molecule has 0 atom stereocenters. The number of carbonyl (C=O) groups excluding carboxylic acids is 5. The van der Waals surface area contributed by atoms with E-state index in [0.29, 0.717) is 16.9 Å². The second kappa shape index (κ2) is 12.4. The van der Waals surface area contributed by atoms with Crippen molar-refractivity contribution in [1.82, 2.24) is 4.90 Å². The molecule has 4 amide bonds. The normalized spacial score (nSPS) is 13.9. The quantitative estimate of drug-likeness (QED) is 0.293. The highest BCUT2D eigenvalue weighted by Gasteiger charge is 2.36. The van der Waals surface area contributed by atoms with Crippen molar-refractivity contribution in [3.05, 3.63) is 99.5 Å². The van der Waals surface area contributed by atoms with E-state index in [0.717, 1.165) is 33.4 Å². The number of hydrogen-bond acceptors (Lipinski definition) is 7. The molecule has 0 saturated carbocycles. The molecule has 10 heteroatoms. The molecule has 9 nitrogen and oxygen atoms in total. The SMILES string of the molecule is Cc1ccc(NC(=O)COC(=O)c2ccc(/C=C3\SC(=O)N(CC(=O)Nc4ccc(C)cc4C)C3=O)cc2)cc1. The maximum atomic E-state index is 12.8. The van der Waals surface area contributed by atoms with E-state index in [-0.39, 0.29) is 10.5 Å². The van der Waals surface area contributed by atoms with Gasteiger partial charge in [0.2, 0.25) is 5.91 Å². The number of carbonyl (C=O) groups is 5. The molecular weight excluding hydrogens is 530 g/mol. The maximum absolute atomic E-state index is 12.8. The average Bonchev–Trinajstić information content (AvgIpc) is 3.17. The largest absolute Gasteiger partial charge is 0.452 e. The number of esters is 1. The number of aryl methyl sites for hydroxylation is 3. The van der Waals surface area contributed by atoms with E-state index in [4.69, 9.17) is 4.74 Å². The number of anilines is 2. The van der Waals surface area contributed by atoms with Gasteiger partial charge in [0.25, 0.3) is 17.1 Å². The van der Waals surface area contributed by atoms with Gasteiger partial charge >= 0.3 is 5.97 Å². The predicted molar refractivity (Wildman–Crippen MR) is 154 cm³/mol. The Kier molecular flexibility index (Phi) is 8.80. The molecule has 0 unspecified atom stereocenters. The molecular formula is C30H27N3O6S. The van der Waals surface area contributed by atoms with Gasteiger partial charge in [-0.3, -0.25) is 24.1 Å². The Bertz CT molecular complexity index is 1510. The van der Waals surface area contributed by atoms with Crippen LogP contribution in [-0.2, 0) is 19.1 Å². The van der Waals surface area contributed by atoms with Crippen molar-refractivity contribution in [3.8, 4) is 0 Å². The number of benzene rings is 3. The van der Waals surface area contributed by atoms with Crippen molar-refractivity contribution >= 4 is 58.1 Å². The first-order valence-electron chi connectivity index (χ1n) is 12.4. The summed E-state index contributed by atoms with van der Waals surface area (Å²) in [7, 11) is 0. The summed E-state index contributed by atoms with van der Waals surface area (Å²) in [5.74, 6) is -2.20. The van der Waals surface area contributed by atoms with Crippen molar-refractivity contribution in [1.29, 1.82) is 0 Å². The summed E-state index contributed by atoms with van der Waals surface area (Å²) in [4.78, 5) is 63.2. The first kappa shape index (κ1) is 28.3. The Morgan fingerprint density at radius 2 is 1.52 bits per heavy atom. The van der Waals surface area contributed by atoms with Crippen molar-refractivity contribution in [2.75, 3.05) is 23.8 Å². The summed E-state index contributed by atoms with van der Waals surface area (Å²) in [6.07, 6.45) is 1.51. The minimum absolute atomic E-state index is 0.160. The lowest BCUT2D eigenvalue weighted by atomic mass is 10.1. The van der Waals surface area contributed by atoms with E-state index < -0.39 is 42.1 Å². The standard InChI is InChI=1S/C30H27N3O6S/c1-18-4-11-23(12-5-18)31-27(35)17-39-29(37)22-9-7-21(8-10-22)15-25-28(36)33(30(38)40-25)16-26(34)32-24-13-6-19(2)14-20(24)3/h4-15H,16-17H2,1-3H3,(H,31,35)(H,32,34)/b25-15-. The van der Waals surface area contributed by atoms with Crippen LogP contribution in [0.5, 0.6) is 0 Å². The third-order valence-electron chi connectivity index (χ3n) is 5.95. The zero-order chi connectivity index (χ0) is 28.8. The van der Waals surface area contributed by atoms with E-state index >= 15 is 0 Å². The number of rotatable bonds is 8. The molecule has 0 radical (unpaired) electrons. The van der Waals surface area contributed by atoms with Gasteiger partial charge in [-0.25, -0.2) is 4.79 Å². The summed E-state index contributed by atoms with van der Waals surface area (Å²) in [5.41, 5.74) is 4.99. The van der Waals surface area contributed by atoms with E-state index in [9.17, 15) is 24.0 Å². The summed E-state index contributed by atoms with van der Waals surface area (Å²) in [5, 5.41) is 4.84. The highest BCUT2D eigenvalue weighted by atomic mass is 32.2. The molecule has 0 aromatic heterocycles. The van der Waals surface area contributed by atoms with E-state index in [2.05, 4.69) is 10.6 Å². The molecule has 1 fully saturated rings. The van der Waals surface area contributed by atoms with Gasteiger partial charge in [0, 0.05) is 11.4 Å². The van der Waals surface area contributed by atoms with Crippen LogP contribution < -0.4 is 10.6 Å². The second-order valence-electron chi connectivity index (χ2n) is 9.25. The molecule has 2 N–H and O–H groups in total. The molecule has 1 aliphatic rings. The number of nitrogens with zero attached hydrogens (tertiary/aromatic N) is 1. The van der Waals surface area contributed by atoms with Crippen LogP contribution in [0.4, 0.5) is 16.2 Å². The van der Waals surface area contributed by atoms with Gasteiger partial charge in [-0.15, -0.1) is 0 Å². The summed E-state index contributed by atoms with van der Waals surface area (Å²) in [6, 6.07) is 18.9. The Morgan fingerprint density at radius 1 is 0.850 bits per heavy atom. The van der Waals surface area contributed by atoms with Gasteiger partial charge in [0.15, 0.2) is 6.61 Å². The van der Waals surface area contributed by atoms with E-state index in [1.54, 1.807) is 30.3 Å². The third-order valence-corrected chi connectivity index (χ3v) is 6.85. The smallest absolute Gasteiger partial charge is 0.338 e. The summed E-state index contributed by atoms with van der Waals surface area (Å²) >= 11 is 0.736. The van der Waals surface area contributed by atoms with Crippen LogP contribution in [0.15, 0.2) is 71.6 Å². The topological polar surface area (TPSA) is 122 Å². The van der Waals surface area contributed by atoms with Crippen LogP contribution in [0.2, 0.25) is 0 Å². The predicted octanol–water partition coefficient (Wildman–Crippen LogP) is 5.08. The molecule has 40 heavy (non-hydrogen) atoms. The fraction of sp³-hybridized carbons (Fsp3) is 0.167. The Labute approximate surface area is 235 Å². The number of thioether (sulfide) groups is 1. The van der Waals surface area contributed by atoms with Crippen molar-refractivity contribution < 1.29 is 28.7 Å². The number of nitrogens with one attached hydrogen (secondary N) is 2. The first-order chi connectivity index (χ1) is 19.1. The van der Waals surface area contributed by atoms with Crippen molar-refractivity contribution in [2.45, 2.75) is 20.8 Å². The molecule has 0 aliphatic carbocycles. The first-order valence-corrected chi connectivity index (χ1v) is 13.2. The monoisotopic (exact) mass is 557 g/mol. The van der Waals surface area contributed by atoms with Crippen LogP contribution in [0.3, 0.4) is 0 Å². The molecule has 0 bridgehead atoms. The van der Waals surface area contributed by atoms with Gasteiger partial charge in [-0.05, 0) is 80.1 Å².